The van der Waals surface area contributed by atoms with Crippen LogP contribution in [0.1, 0.15) is 30.9 Å². The van der Waals surface area contributed by atoms with Gasteiger partial charge in [-0.25, -0.2) is 0 Å². The van der Waals surface area contributed by atoms with E-state index in [1.165, 1.54) is 24.8 Å². The number of nitrogens with one attached hydrogen (secondary N) is 1. The molecule has 0 amide bonds. The molecule has 122 valence electrons. The Morgan fingerprint density at radius 2 is 1.95 bits per heavy atom. The first-order valence-corrected chi connectivity index (χ1v) is 9.41. The fourth-order valence-corrected chi connectivity index (χ4v) is 4.41. The lowest BCUT2D eigenvalue weighted by molar-refractivity contribution is 0.0830. The molecule has 6 heteroatoms. The van der Waals surface area contributed by atoms with Crippen LogP contribution in [-0.2, 0) is 0 Å². The van der Waals surface area contributed by atoms with Crippen molar-refractivity contribution in [1.82, 2.24) is 10.2 Å². The average molecular weight is 434 g/mol. The highest BCUT2D eigenvalue weighted by Gasteiger charge is 2.35. The Morgan fingerprint density at radius 3 is 2.50 bits per heavy atom. The SMILES string of the molecule is COc1cc([C@H](C2CCC2)N2CCNCC2)c(Br)c(Br)c1O. The van der Waals surface area contributed by atoms with Gasteiger partial charge in [0.2, 0.25) is 0 Å². The number of methoxy groups -OCH3 is 1. The predicted molar refractivity (Wildman–Crippen MR) is 94.6 cm³/mol. The van der Waals surface area contributed by atoms with Gasteiger partial charge in [-0.1, -0.05) is 6.42 Å². The van der Waals surface area contributed by atoms with Crippen molar-refractivity contribution in [3.63, 3.8) is 0 Å². The molecule has 0 aromatic heterocycles. The van der Waals surface area contributed by atoms with Crippen LogP contribution in [0.2, 0.25) is 0 Å². The summed E-state index contributed by atoms with van der Waals surface area (Å²) in [5, 5.41) is 13.6. The minimum Gasteiger partial charge on any atom is -0.503 e. The second kappa shape index (κ2) is 7.07. The summed E-state index contributed by atoms with van der Waals surface area (Å²) in [6, 6.07) is 2.38. The molecule has 3 rings (SSSR count). The zero-order chi connectivity index (χ0) is 15.7. The smallest absolute Gasteiger partial charge is 0.173 e. The van der Waals surface area contributed by atoms with Crippen LogP contribution < -0.4 is 10.1 Å². The highest BCUT2D eigenvalue weighted by Crippen LogP contribution is 2.49. The molecule has 1 aliphatic heterocycles. The van der Waals surface area contributed by atoms with Gasteiger partial charge in [0.1, 0.15) is 0 Å². The van der Waals surface area contributed by atoms with E-state index in [0.717, 1.165) is 30.7 Å². The lowest BCUT2D eigenvalue weighted by atomic mass is 9.76. The standard InChI is InChI=1S/C16H22Br2N2O2/c1-22-12-9-11(13(17)14(18)16(12)21)15(10-3-2-4-10)20-7-5-19-6-8-20/h9-10,15,19,21H,2-8H2,1H3/t15-/m0/s1. The van der Waals surface area contributed by atoms with E-state index in [1.807, 2.05) is 6.07 Å². The maximum absolute atomic E-state index is 10.2. The average Bonchev–Trinajstić information content (AvgIpc) is 2.50. The van der Waals surface area contributed by atoms with Crippen LogP contribution >= 0.6 is 31.9 Å². The van der Waals surface area contributed by atoms with E-state index >= 15 is 0 Å². The van der Waals surface area contributed by atoms with Crippen molar-refractivity contribution in [3.8, 4) is 11.5 Å². The van der Waals surface area contributed by atoms with Gasteiger partial charge in [-0.15, -0.1) is 0 Å². The number of ether oxygens (including phenoxy) is 1. The van der Waals surface area contributed by atoms with Crippen LogP contribution in [0, 0.1) is 5.92 Å². The summed E-state index contributed by atoms with van der Waals surface area (Å²) in [4.78, 5) is 2.57. The summed E-state index contributed by atoms with van der Waals surface area (Å²) < 4.78 is 6.99. The minimum absolute atomic E-state index is 0.158. The molecule has 4 nitrogen and oxygen atoms in total. The fraction of sp³-hybridized carbons (Fsp3) is 0.625. The molecule has 2 N–H and O–H groups in total. The van der Waals surface area contributed by atoms with Crippen molar-refractivity contribution in [2.24, 2.45) is 5.92 Å². The quantitative estimate of drug-likeness (QED) is 0.760. The van der Waals surface area contributed by atoms with Crippen LogP contribution in [0.3, 0.4) is 0 Å². The summed E-state index contributed by atoms with van der Waals surface area (Å²) in [6.07, 6.45) is 3.88. The van der Waals surface area contributed by atoms with Gasteiger partial charge in [0.25, 0.3) is 0 Å². The number of hydrogen-bond donors (Lipinski definition) is 2. The topological polar surface area (TPSA) is 44.7 Å². The molecule has 1 aromatic carbocycles. The van der Waals surface area contributed by atoms with E-state index < -0.39 is 0 Å². The highest BCUT2D eigenvalue weighted by atomic mass is 79.9. The third kappa shape index (κ3) is 3.03. The Hall–Kier alpha value is -0.300. The van der Waals surface area contributed by atoms with Gasteiger partial charge in [0.15, 0.2) is 11.5 Å². The van der Waals surface area contributed by atoms with Crippen molar-refractivity contribution in [1.29, 1.82) is 0 Å². The van der Waals surface area contributed by atoms with E-state index in [2.05, 4.69) is 42.1 Å². The van der Waals surface area contributed by atoms with Crippen LogP contribution in [-0.4, -0.2) is 43.3 Å². The zero-order valence-corrected chi connectivity index (χ0v) is 15.9. The zero-order valence-electron chi connectivity index (χ0n) is 12.7. The molecule has 1 heterocycles. The molecular weight excluding hydrogens is 412 g/mol. The Bertz CT molecular complexity index is 543. The minimum atomic E-state index is 0.158. The number of aromatic hydroxyl groups is 1. The molecule has 1 saturated carbocycles. The van der Waals surface area contributed by atoms with Crippen LogP contribution in [0.4, 0.5) is 0 Å². The molecule has 1 aromatic rings. The second-order valence-corrected chi connectivity index (χ2v) is 7.65. The Morgan fingerprint density at radius 1 is 1.27 bits per heavy atom. The number of benzene rings is 1. The van der Waals surface area contributed by atoms with Crippen molar-refractivity contribution < 1.29 is 9.84 Å². The van der Waals surface area contributed by atoms with Gasteiger partial charge in [-0.3, -0.25) is 4.90 Å². The van der Waals surface area contributed by atoms with Crippen molar-refractivity contribution in [3.05, 3.63) is 20.6 Å². The number of nitrogens with zero attached hydrogens (tertiary/aromatic N) is 1. The molecular formula is C16H22Br2N2O2. The largest absolute Gasteiger partial charge is 0.503 e. The summed E-state index contributed by atoms with van der Waals surface area (Å²) in [5.74, 6) is 1.38. The molecule has 2 aliphatic rings. The number of halogens is 2. The number of rotatable bonds is 4. The van der Waals surface area contributed by atoms with E-state index in [4.69, 9.17) is 4.74 Å². The van der Waals surface area contributed by atoms with Crippen molar-refractivity contribution in [2.75, 3.05) is 33.3 Å². The lowest BCUT2D eigenvalue weighted by Gasteiger charge is -2.43. The molecule has 2 fully saturated rings. The maximum Gasteiger partial charge on any atom is 0.173 e. The highest BCUT2D eigenvalue weighted by molar-refractivity contribution is 9.13. The van der Waals surface area contributed by atoms with Gasteiger partial charge in [0, 0.05) is 36.7 Å². The van der Waals surface area contributed by atoms with E-state index in [-0.39, 0.29) is 5.75 Å². The van der Waals surface area contributed by atoms with Gasteiger partial charge in [-0.05, 0) is 62.2 Å². The predicted octanol–water partition coefficient (Wildman–Crippen LogP) is 3.67. The monoisotopic (exact) mass is 432 g/mol. The van der Waals surface area contributed by atoms with Crippen LogP contribution in [0.5, 0.6) is 11.5 Å². The van der Waals surface area contributed by atoms with Crippen LogP contribution in [0.25, 0.3) is 0 Å². The molecule has 1 atom stereocenters. The van der Waals surface area contributed by atoms with Crippen molar-refractivity contribution in [2.45, 2.75) is 25.3 Å². The van der Waals surface area contributed by atoms with Gasteiger partial charge < -0.3 is 15.2 Å². The molecule has 22 heavy (non-hydrogen) atoms. The first-order chi connectivity index (χ1) is 10.6. The first kappa shape index (κ1) is 16.6. The summed E-state index contributed by atoms with van der Waals surface area (Å²) in [5.41, 5.74) is 1.22. The normalized spacial score (nSPS) is 21.4. The fourth-order valence-electron chi connectivity index (χ4n) is 3.45. The second-order valence-electron chi connectivity index (χ2n) is 6.07. The third-order valence-electron chi connectivity index (χ3n) is 4.85. The van der Waals surface area contributed by atoms with Gasteiger partial charge in [-0.2, -0.15) is 0 Å². The number of hydrogen-bond acceptors (Lipinski definition) is 4. The Balaban J connectivity index is 2.01. The van der Waals surface area contributed by atoms with Crippen molar-refractivity contribution >= 4 is 31.9 Å². The lowest BCUT2D eigenvalue weighted by Crippen LogP contribution is -2.48. The number of piperazine rings is 1. The molecule has 0 bridgehead atoms. The maximum atomic E-state index is 10.2. The molecule has 1 saturated heterocycles. The molecule has 1 aliphatic carbocycles. The third-order valence-corrected chi connectivity index (χ3v) is 7.01. The Kier molecular flexibility index (Phi) is 5.32. The van der Waals surface area contributed by atoms with Gasteiger partial charge in [0.05, 0.1) is 11.6 Å². The summed E-state index contributed by atoms with van der Waals surface area (Å²) >= 11 is 7.17. The van der Waals surface area contributed by atoms with Gasteiger partial charge >= 0.3 is 0 Å². The number of phenolic OH excluding ortho intramolecular Hbond substituents is 1. The molecule has 0 radical (unpaired) electrons. The number of phenols is 1. The van der Waals surface area contributed by atoms with E-state index in [0.29, 0.717) is 22.2 Å². The van der Waals surface area contributed by atoms with E-state index in [1.54, 1.807) is 7.11 Å². The molecule has 0 unspecified atom stereocenters. The molecule has 0 spiro atoms. The van der Waals surface area contributed by atoms with E-state index in [9.17, 15) is 5.11 Å². The summed E-state index contributed by atoms with van der Waals surface area (Å²) in [6.45, 7) is 4.21. The summed E-state index contributed by atoms with van der Waals surface area (Å²) in [7, 11) is 1.60. The van der Waals surface area contributed by atoms with Crippen LogP contribution in [0.15, 0.2) is 15.0 Å². The first-order valence-electron chi connectivity index (χ1n) is 7.83. The Labute approximate surface area is 148 Å².